The summed E-state index contributed by atoms with van der Waals surface area (Å²) in [5, 5.41) is 3.00. The normalized spacial score (nSPS) is 11.8. The lowest BCUT2D eigenvalue weighted by Gasteiger charge is -2.14. The van der Waals surface area contributed by atoms with Gasteiger partial charge in [-0.2, -0.15) is 8.75 Å². The number of aryl methyl sites for hydroxylation is 1. The average Bonchev–Trinajstić information content (AvgIpc) is 3.06. The number of rotatable bonds is 6. The van der Waals surface area contributed by atoms with Crippen LogP contribution in [0.5, 0.6) is 5.75 Å². The van der Waals surface area contributed by atoms with E-state index in [1.807, 2.05) is 44.2 Å². The molecule has 1 aromatic heterocycles. The van der Waals surface area contributed by atoms with Crippen LogP contribution in [0.3, 0.4) is 0 Å². The minimum absolute atomic E-state index is 0.0511. The smallest absolute Gasteiger partial charge is 0.251 e. The van der Waals surface area contributed by atoms with Gasteiger partial charge in [-0.3, -0.25) is 4.79 Å². The van der Waals surface area contributed by atoms with Crippen LogP contribution in [-0.4, -0.2) is 14.7 Å². The van der Waals surface area contributed by atoms with Crippen LogP contribution in [0.1, 0.15) is 40.3 Å². The van der Waals surface area contributed by atoms with Crippen molar-refractivity contribution >= 4 is 17.6 Å². The maximum absolute atomic E-state index is 12.4. The molecule has 1 unspecified atom stereocenters. The Morgan fingerprint density at radius 1 is 1.12 bits per heavy atom. The first-order valence-electron chi connectivity index (χ1n) is 8.00. The van der Waals surface area contributed by atoms with E-state index in [0.29, 0.717) is 17.9 Å². The highest BCUT2D eigenvalue weighted by Gasteiger charge is 2.11. The number of nitrogens with one attached hydrogen (secondary N) is 1. The van der Waals surface area contributed by atoms with Crippen molar-refractivity contribution in [3.8, 4) is 5.75 Å². The number of nitrogens with zero attached hydrogens (tertiary/aromatic N) is 2. The molecule has 0 bridgehead atoms. The zero-order valence-electron chi connectivity index (χ0n) is 14.1. The summed E-state index contributed by atoms with van der Waals surface area (Å²) in [6, 6.07) is 16.9. The molecule has 1 N–H and O–H groups in total. The van der Waals surface area contributed by atoms with Gasteiger partial charge in [0.15, 0.2) is 0 Å². The highest BCUT2D eigenvalue weighted by Crippen LogP contribution is 2.17. The predicted molar refractivity (Wildman–Crippen MR) is 97.7 cm³/mol. The fourth-order valence-corrected chi connectivity index (χ4v) is 2.89. The Bertz CT molecular complexity index is 831. The van der Waals surface area contributed by atoms with Crippen molar-refractivity contribution < 1.29 is 9.53 Å². The minimum Gasteiger partial charge on any atom is -0.487 e. The van der Waals surface area contributed by atoms with Crippen molar-refractivity contribution in [1.29, 1.82) is 0 Å². The van der Waals surface area contributed by atoms with Crippen LogP contribution >= 0.6 is 11.7 Å². The van der Waals surface area contributed by atoms with Crippen LogP contribution in [0.15, 0.2) is 54.6 Å². The Hall–Kier alpha value is -2.73. The summed E-state index contributed by atoms with van der Waals surface area (Å²) < 4.78 is 14.0. The second-order valence-corrected chi connectivity index (χ2v) is 6.24. The molecule has 0 saturated heterocycles. The molecule has 5 nitrogen and oxygen atoms in total. The van der Waals surface area contributed by atoms with E-state index in [-0.39, 0.29) is 11.9 Å². The van der Waals surface area contributed by atoms with Crippen molar-refractivity contribution in [3.63, 3.8) is 0 Å². The lowest BCUT2D eigenvalue weighted by atomic mass is 10.1. The summed E-state index contributed by atoms with van der Waals surface area (Å²) in [5.41, 5.74) is 3.39. The first-order valence-corrected chi connectivity index (χ1v) is 8.73. The van der Waals surface area contributed by atoms with Crippen molar-refractivity contribution in [2.45, 2.75) is 26.5 Å². The molecular formula is C19H19N3O2S. The Balaban J connectivity index is 1.58. The van der Waals surface area contributed by atoms with E-state index in [0.717, 1.165) is 17.0 Å². The number of amides is 1. The molecule has 0 spiro atoms. The summed E-state index contributed by atoms with van der Waals surface area (Å²) in [4.78, 5) is 12.4. The molecule has 0 radical (unpaired) electrons. The van der Waals surface area contributed by atoms with Crippen molar-refractivity contribution in [3.05, 3.63) is 77.1 Å². The van der Waals surface area contributed by atoms with E-state index >= 15 is 0 Å². The van der Waals surface area contributed by atoms with Crippen LogP contribution in [0.25, 0.3) is 0 Å². The summed E-state index contributed by atoms with van der Waals surface area (Å²) in [6.45, 7) is 4.25. The van der Waals surface area contributed by atoms with E-state index in [1.165, 1.54) is 11.7 Å². The molecule has 0 aliphatic heterocycles. The molecule has 1 amide bonds. The SMILES string of the molecule is Cc1nsnc1COc1ccc(C(=O)NC(C)c2ccccc2)cc1. The number of ether oxygens (including phenoxy) is 1. The molecule has 2 aromatic carbocycles. The maximum atomic E-state index is 12.4. The average molecular weight is 353 g/mol. The van der Waals surface area contributed by atoms with E-state index in [4.69, 9.17) is 4.74 Å². The van der Waals surface area contributed by atoms with Gasteiger partial charge in [-0.05, 0) is 43.7 Å². The fourth-order valence-electron chi connectivity index (χ4n) is 2.34. The van der Waals surface area contributed by atoms with Gasteiger partial charge in [0.25, 0.3) is 5.91 Å². The van der Waals surface area contributed by atoms with Gasteiger partial charge in [0, 0.05) is 5.56 Å². The molecule has 3 aromatic rings. The van der Waals surface area contributed by atoms with Crippen LogP contribution < -0.4 is 10.1 Å². The maximum Gasteiger partial charge on any atom is 0.251 e. The third-order valence-electron chi connectivity index (χ3n) is 3.89. The molecule has 25 heavy (non-hydrogen) atoms. The number of carbonyl (C=O) groups is 1. The molecule has 0 aliphatic rings. The third kappa shape index (κ3) is 4.42. The Morgan fingerprint density at radius 3 is 2.48 bits per heavy atom. The van der Waals surface area contributed by atoms with Gasteiger partial charge in [-0.25, -0.2) is 0 Å². The quantitative estimate of drug-likeness (QED) is 0.729. The lowest BCUT2D eigenvalue weighted by molar-refractivity contribution is 0.0940. The van der Waals surface area contributed by atoms with E-state index < -0.39 is 0 Å². The minimum atomic E-state index is -0.109. The highest BCUT2D eigenvalue weighted by molar-refractivity contribution is 6.99. The second kappa shape index (κ2) is 7.90. The molecule has 0 saturated carbocycles. The van der Waals surface area contributed by atoms with Crippen LogP contribution in [0.2, 0.25) is 0 Å². The number of hydrogen-bond donors (Lipinski definition) is 1. The van der Waals surface area contributed by atoms with Gasteiger partial charge < -0.3 is 10.1 Å². The van der Waals surface area contributed by atoms with Gasteiger partial charge >= 0.3 is 0 Å². The van der Waals surface area contributed by atoms with Crippen molar-refractivity contribution in [2.75, 3.05) is 0 Å². The topological polar surface area (TPSA) is 64.1 Å². The van der Waals surface area contributed by atoms with Crippen LogP contribution in [0.4, 0.5) is 0 Å². The van der Waals surface area contributed by atoms with E-state index in [9.17, 15) is 4.79 Å². The molecular weight excluding hydrogens is 334 g/mol. The number of hydrogen-bond acceptors (Lipinski definition) is 5. The Kier molecular flexibility index (Phi) is 5.40. The molecule has 6 heteroatoms. The monoisotopic (exact) mass is 353 g/mol. The van der Waals surface area contributed by atoms with Gasteiger partial charge in [0.05, 0.1) is 23.5 Å². The van der Waals surface area contributed by atoms with Crippen molar-refractivity contribution in [1.82, 2.24) is 14.1 Å². The highest BCUT2D eigenvalue weighted by atomic mass is 32.1. The lowest BCUT2D eigenvalue weighted by Crippen LogP contribution is -2.26. The summed E-state index contributed by atoms with van der Waals surface area (Å²) in [7, 11) is 0. The molecule has 1 atom stereocenters. The van der Waals surface area contributed by atoms with Crippen molar-refractivity contribution in [2.24, 2.45) is 0 Å². The summed E-state index contributed by atoms with van der Waals surface area (Å²) >= 11 is 1.18. The summed E-state index contributed by atoms with van der Waals surface area (Å²) in [5.74, 6) is 0.586. The molecule has 3 rings (SSSR count). The summed E-state index contributed by atoms with van der Waals surface area (Å²) in [6.07, 6.45) is 0. The van der Waals surface area contributed by atoms with Gasteiger partial charge in [0.2, 0.25) is 0 Å². The number of benzene rings is 2. The van der Waals surface area contributed by atoms with Crippen LogP contribution in [-0.2, 0) is 6.61 Å². The molecule has 0 fully saturated rings. The van der Waals surface area contributed by atoms with Gasteiger partial charge in [-0.15, -0.1) is 0 Å². The molecule has 1 heterocycles. The zero-order valence-corrected chi connectivity index (χ0v) is 14.9. The molecule has 0 aliphatic carbocycles. The number of carbonyl (C=O) groups excluding carboxylic acids is 1. The largest absolute Gasteiger partial charge is 0.487 e. The predicted octanol–water partition coefficient (Wildman–Crippen LogP) is 3.92. The number of aromatic nitrogens is 2. The third-order valence-corrected chi connectivity index (χ3v) is 4.54. The van der Waals surface area contributed by atoms with Gasteiger partial charge in [0.1, 0.15) is 18.1 Å². The molecule has 128 valence electrons. The zero-order chi connectivity index (χ0) is 17.6. The Labute approximate surface area is 151 Å². The Morgan fingerprint density at radius 2 is 1.84 bits per heavy atom. The van der Waals surface area contributed by atoms with E-state index in [2.05, 4.69) is 14.1 Å². The second-order valence-electron chi connectivity index (χ2n) is 5.72. The standard InChI is InChI=1S/C19H19N3O2S/c1-13(15-6-4-3-5-7-15)20-19(23)16-8-10-17(11-9-16)24-12-18-14(2)21-25-22-18/h3-11,13H,12H2,1-2H3,(H,20,23). The van der Waals surface area contributed by atoms with Crippen LogP contribution in [0, 0.1) is 6.92 Å². The fraction of sp³-hybridized carbons (Fsp3) is 0.211. The van der Waals surface area contributed by atoms with Gasteiger partial charge in [-0.1, -0.05) is 30.3 Å². The first kappa shape index (κ1) is 17.1. The van der Waals surface area contributed by atoms with E-state index in [1.54, 1.807) is 24.3 Å². The first-order chi connectivity index (χ1) is 12.1.